The number of hydrogen-bond acceptors (Lipinski definition) is 3. The van der Waals surface area contributed by atoms with Crippen LogP contribution in [0.2, 0.25) is 0 Å². The molecular weight excluding hydrogens is 248 g/mol. The van der Waals surface area contributed by atoms with Crippen molar-refractivity contribution in [2.75, 3.05) is 19.7 Å². The third kappa shape index (κ3) is 3.75. The minimum Gasteiger partial charge on any atom is -0.394 e. The molecule has 1 aliphatic heterocycles. The van der Waals surface area contributed by atoms with E-state index in [1.807, 2.05) is 0 Å². The maximum Gasteiger partial charge on any atom is 0.0613 e. The normalized spacial score (nSPS) is 39.9. The average molecular weight is 282 g/mol. The average Bonchev–Trinajstić information content (AvgIpc) is 2.45. The van der Waals surface area contributed by atoms with Crippen LogP contribution in [0.1, 0.15) is 65.7 Å². The van der Waals surface area contributed by atoms with Crippen LogP contribution in [-0.2, 0) is 0 Å². The summed E-state index contributed by atoms with van der Waals surface area (Å²) in [6, 6.07) is 1.38. The lowest BCUT2D eigenvalue weighted by molar-refractivity contribution is 0.0186. The van der Waals surface area contributed by atoms with Gasteiger partial charge in [-0.1, -0.05) is 13.8 Å². The van der Waals surface area contributed by atoms with Gasteiger partial charge in [-0.25, -0.2) is 0 Å². The molecule has 2 N–H and O–H groups in total. The highest BCUT2D eigenvalue weighted by Crippen LogP contribution is 2.35. The first-order chi connectivity index (χ1) is 9.60. The number of nitrogens with one attached hydrogen (secondary N) is 1. The first-order valence-electron chi connectivity index (χ1n) is 8.72. The molecule has 2 aliphatic rings. The van der Waals surface area contributed by atoms with Crippen LogP contribution in [0.25, 0.3) is 0 Å². The highest BCUT2D eigenvalue weighted by molar-refractivity contribution is 4.98. The van der Waals surface area contributed by atoms with Gasteiger partial charge >= 0.3 is 0 Å². The number of aliphatic hydroxyl groups excluding tert-OH is 1. The highest BCUT2D eigenvalue weighted by Gasteiger charge is 2.39. The standard InChI is InChI=1S/C17H34N2O/c1-4-9-18-17(13-20)8-5-6-16(12-17)19-10-7-14(2)11-15(19)3/h14-16,18,20H,4-13H2,1-3H3. The second-order valence-electron chi connectivity index (χ2n) is 7.33. The molecule has 2 rings (SSSR count). The lowest BCUT2D eigenvalue weighted by atomic mass is 9.77. The maximum atomic E-state index is 9.91. The number of likely N-dealkylation sites (tertiary alicyclic amines) is 1. The fourth-order valence-electron chi connectivity index (χ4n) is 4.33. The molecule has 1 saturated heterocycles. The van der Waals surface area contributed by atoms with Crippen LogP contribution in [-0.4, -0.2) is 47.3 Å². The maximum absolute atomic E-state index is 9.91. The summed E-state index contributed by atoms with van der Waals surface area (Å²) in [5, 5.41) is 13.6. The molecule has 0 spiro atoms. The van der Waals surface area contributed by atoms with Crippen molar-refractivity contribution in [2.45, 2.75) is 83.3 Å². The molecular formula is C17H34N2O. The van der Waals surface area contributed by atoms with E-state index in [0.717, 1.165) is 31.7 Å². The van der Waals surface area contributed by atoms with Gasteiger partial charge in [-0.3, -0.25) is 4.90 Å². The Labute approximate surface area is 125 Å². The quantitative estimate of drug-likeness (QED) is 0.814. The molecule has 0 amide bonds. The Hall–Kier alpha value is -0.120. The summed E-state index contributed by atoms with van der Waals surface area (Å²) in [5.74, 6) is 0.880. The molecule has 0 aromatic heterocycles. The molecule has 2 fully saturated rings. The number of aliphatic hydroxyl groups is 1. The minimum atomic E-state index is -0.0122. The van der Waals surface area contributed by atoms with Crippen LogP contribution in [0.3, 0.4) is 0 Å². The Morgan fingerprint density at radius 2 is 2.10 bits per heavy atom. The zero-order valence-electron chi connectivity index (χ0n) is 13.7. The fraction of sp³-hybridized carbons (Fsp3) is 1.00. The summed E-state index contributed by atoms with van der Waals surface area (Å²) in [4.78, 5) is 2.73. The van der Waals surface area contributed by atoms with Gasteiger partial charge in [-0.2, -0.15) is 0 Å². The fourth-order valence-corrected chi connectivity index (χ4v) is 4.33. The van der Waals surface area contributed by atoms with Crippen molar-refractivity contribution in [3.8, 4) is 0 Å². The van der Waals surface area contributed by atoms with E-state index in [2.05, 4.69) is 31.0 Å². The monoisotopic (exact) mass is 282 g/mol. The van der Waals surface area contributed by atoms with E-state index in [-0.39, 0.29) is 5.54 Å². The van der Waals surface area contributed by atoms with Crippen LogP contribution >= 0.6 is 0 Å². The smallest absolute Gasteiger partial charge is 0.0613 e. The van der Waals surface area contributed by atoms with Gasteiger partial charge in [0.2, 0.25) is 0 Å². The molecule has 4 atom stereocenters. The summed E-state index contributed by atoms with van der Waals surface area (Å²) >= 11 is 0. The van der Waals surface area contributed by atoms with Crippen LogP contribution in [0.4, 0.5) is 0 Å². The van der Waals surface area contributed by atoms with E-state index < -0.39 is 0 Å². The van der Waals surface area contributed by atoms with E-state index in [1.165, 1.54) is 32.2 Å². The van der Waals surface area contributed by atoms with Crippen molar-refractivity contribution >= 4 is 0 Å². The van der Waals surface area contributed by atoms with E-state index in [1.54, 1.807) is 0 Å². The van der Waals surface area contributed by atoms with Gasteiger partial charge in [-0.15, -0.1) is 0 Å². The first-order valence-corrected chi connectivity index (χ1v) is 8.72. The summed E-state index contributed by atoms with van der Waals surface area (Å²) in [5.41, 5.74) is -0.0122. The van der Waals surface area contributed by atoms with Crippen molar-refractivity contribution in [2.24, 2.45) is 5.92 Å². The van der Waals surface area contributed by atoms with Gasteiger partial charge in [0.1, 0.15) is 0 Å². The van der Waals surface area contributed by atoms with Gasteiger partial charge < -0.3 is 10.4 Å². The van der Waals surface area contributed by atoms with Crippen molar-refractivity contribution in [1.82, 2.24) is 10.2 Å². The highest BCUT2D eigenvalue weighted by atomic mass is 16.3. The second kappa shape index (κ2) is 7.24. The Bertz CT molecular complexity index is 297. The topological polar surface area (TPSA) is 35.5 Å². The van der Waals surface area contributed by atoms with Gasteiger partial charge in [0, 0.05) is 17.6 Å². The van der Waals surface area contributed by atoms with Crippen molar-refractivity contribution in [1.29, 1.82) is 0 Å². The molecule has 1 aliphatic carbocycles. The number of rotatable bonds is 5. The second-order valence-corrected chi connectivity index (χ2v) is 7.33. The molecule has 0 bridgehead atoms. The molecule has 0 aromatic carbocycles. The first kappa shape index (κ1) is 16.3. The molecule has 0 radical (unpaired) electrons. The van der Waals surface area contributed by atoms with Crippen molar-refractivity contribution < 1.29 is 5.11 Å². The minimum absolute atomic E-state index is 0.0122. The Balaban J connectivity index is 1.98. The molecule has 1 saturated carbocycles. The largest absolute Gasteiger partial charge is 0.394 e. The van der Waals surface area contributed by atoms with Gasteiger partial charge in [0.25, 0.3) is 0 Å². The molecule has 1 heterocycles. The summed E-state index contributed by atoms with van der Waals surface area (Å²) < 4.78 is 0. The molecule has 118 valence electrons. The SMILES string of the molecule is CCCNC1(CO)CCCC(N2CCC(C)CC2C)C1. The van der Waals surface area contributed by atoms with Gasteiger partial charge in [-0.05, 0) is 70.9 Å². The predicted octanol–water partition coefficient (Wildman–Crippen LogP) is 2.78. The zero-order valence-corrected chi connectivity index (χ0v) is 13.7. The van der Waals surface area contributed by atoms with E-state index >= 15 is 0 Å². The number of piperidine rings is 1. The molecule has 3 nitrogen and oxygen atoms in total. The van der Waals surface area contributed by atoms with Gasteiger partial charge in [0.15, 0.2) is 0 Å². The van der Waals surface area contributed by atoms with E-state index in [0.29, 0.717) is 18.7 Å². The third-order valence-corrected chi connectivity index (χ3v) is 5.53. The van der Waals surface area contributed by atoms with E-state index in [4.69, 9.17) is 0 Å². The number of hydrogen-bond donors (Lipinski definition) is 2. The molecule has 20 heavy (non-hydrogen) atoms. The Kier molecular flexibility index (Phi) is 5.88. The molecule has 4 unspecified atom stereocenters. The number of nitrogens with zero attached hydrogens (tertiary/aromatic N) is 1. The Morgan fingerprint density at radius 3 is 2.75 bits per heavy atom. The third-order valence-electron chi connectivity index (χ3n) is 5.53. The van der Waals surface area contributed by atoms with Crippen LogP contribution < -0.4 is 5.32 Å². The molecule has 3 heteroatoms. The lowest BCUT2D eigenvalue weighted by Crippen LogP contribution is -2.58. The summed E-state index contributed by atoms with van der Waals surface area (Å²) in [6.45, 7) is 9.55. The van der Waals surface area contributed by atoms with Crippen molar-refractivity contribution in [3.05, 3.63) is 0 Å². The van der Waals surface area contributed by atoms with E-state index in [9.17, 15) is 5.11 Å². The predicted molar refractivity (Wildman–Crippen MR) is 84.9 cm³/mol. The summed E-state index contributed by atoms with van der Waals surface area (Å²) in [7, 11) is 0. The molecule has 0 aromatic rings. The lowest BCUT2D eigenvalue weighted by Gasteiger charge is -2.48. The van der Waals surface area contributed by atoms with Crippen LogP contribution in [0.15, 0.2) is 0 Å². The van der Waals surface area contributed by atoms with Gasteiger partial charge in [0.05, 0.1) is 6.61 Å². The van der Waals surface area contributed by atoms with Crippen molar-refractivity contribution in [3.63, 3.8) is 0 Å². The van der Waals surface area contributed by atoms with Crippen LogP contribution in [0, 0.1) is 5.92 Å². The zero-order chi connectivity index (χ0) is 14.6. The summed E-state index contributed by atoms with van der Waals surface area (Å²) in [6.07, 6.45) is 8.65. The Morgan fingerprint density at radius 1 is 1.30 bits per heavy atom. The van der Waals surface area contributed by atoms with Crippen LogP contribution in [0.5, 0.6) is 0 Å².